The normalized spacial score (nSPS) is 15.8. The number of hydrogen-bond donors (Lipinski definition) is 1. The number of ether oxygens (including phenoxy) is 1. The monoisotopic (exact) mass is 394 g/mol. The van der Waals surface area contributed by atoms with E-state index in [0.717, 1.165) is 4.31 Å². The number of benzene rings is 2. The summed E-state index contributed by atoms with van der Waals surface area (Å²) in [4.78, 5) is 24.3. The van der Waals surface area contributed by atoms with Crippen LogP contribution < -0.4 is 14.4 Å². The minimum atomic E-state index is -3.68. The molecule has 0 unspecified atom stereocenters. The van der Waals surface area contributed by atoms with Gasteiger partial charge >= 0.3 is 0 Å². The molecule has 2 aromatic rings. The van der Waals surface area contributed by atoms with Gasteiger partial charge in [-0.3, -0.25) is 9.59 Å². The summed E-state index contributed by atoms with van der Waals surface area (Å²) in [5.74, 6) is -0.724. The van der Waals surface area contributed by atoms with E-state index >= 15 is 0 Å². The molecule has 0 radical (unpaired) electrons. The van der Waals surface area contributed by atoms with Gasteiger partial charge in [-0.05, 0) is 36.4 Å². The first-order valence-electron chi connectivity index (χ1n) is 7.62. The Balaban J connectivity index is 1.85. The van der Waals surface area contributed by atoms with E-state index in [0.29, 0.717) is 16.5 Å². The van der Waals surface area contributed by atoms with Crippen LogP contribution in [-0.4, -0.2) is 33.1 Å². The summed E-state index contributed by atoms with van der Waals surface area (Å²) in [7, 11) is -2.20. The van der Waals surface area contributed by atoms with Crippen molar-refractivity contribution in [2.24, 2.45) is 0 Å². The molecule has 1 fully saturated rings. The first-order valence-corrected chi connectivity index (χ1v) is 9.61. The lowest BCUT2D eigenvalue weighted by Gasteiger charge is -2.16. The highest BCUT2D eigenvalue weighted by molar-refractivity contribution is 7.94. The SMILES string of the molecule is COc1ccc(NC(=O)c2cccc(N3C(=O)CCS3(=O)=O)c2)cc1Cl. The molecule has 7 nitrogen and oxygen atoms in total. The van der Waals surface area contributed by atoms with Gasteiger partial charge in [0.05, 0.1) is 23.6 Å². The molecule has 2 aromatic carbocycles. The first kappa shape index (κ1) is 18.2. The Morgan fingerprint density at radius 1 is 1.23 bits per heavy atom. The van der Waals surface area contributed by atoms with E-state index in [2.05, 4.69) is 5.32 Å². The Morgan fingerprint density at radius 3 is 2.62 bits per heavy atom. The van der Waals surface area contributed by atoms with Crippen LogP contribution in [0.2, 0.25) is 5.02 Å². The Bertz CT molecular complexity index is 990. The van der Waals surface area contributed by atoms with E-state index in [-0.39, 0.29) is 23.4 Å². The molecule has 0 aromatic heterocycles. The second-order valence-electron chi connectivity index (χ2n) is 5.58. The van der Waals surface area contributed by atoms with Crippen LogP contribution in [0, 0.1) is 0 Å². The molecule has 1 aliphatic rings. The van der Waals surface area contributed by atoms with Crippen LogP contribution in [-0.2, 0) is 14.8 Å². The third-order valence-electron chi connectivity index (χ3n) is 3.83. The van der Waals surface area contributed by atoms with Gasteiger partial charge in [0, 0.05) is 17.7 Å². The summed E-state index contributed by atoms with van der Waals surface area (Å²) in [5.41, 5.74) is 0.813. The Morgan fingerprint density at radius 2 is 2.00 bits per heavy atom. The smallest absolute Gasteiger partial charge is 0.255 e. The minimum Gasteiger partial charge on any atom is -0.495 e. The lowest BCUT2D eigenvalue weighted by Crippen LogP contribution is -2.29. The quantitative estimate of drug-likeness (QED) is 0.860. The number of sulfonamides is 1. The van der Waals surface area contributed by atoms with E-state index in [1.807, 2.05) is 0 Å². The van der Waals surface area contributed by atoms with Crippen molar-refractivity contribution >= 4 is 44.8 Å². The number of halogens is 1. The van der Waals surface area contributed by atoms with Crippen LogP contribution in [0.3, 0.4) is 0 Å². The summed E-state index contributed by atoms with van der Waals surface area (Å²) in [5, 5.41) is 3.01. The maximum atomic E-state index is 12.5. The molecule has 26 heavy (non-hydrogen) atoms. The summed E-state index contributed by atoms with van der Waals surface area (Å²) in [6, 6.07) is 10.7. The number of nitrogens with zero attached hydrogens (tertiary/aromatic N) is 1. The zero-order valence-corrected chi connectivity index (χ0v) is 15.3. The van der Waals surface area contributed by atoms with Crippen LogP contribution in [0.5, 0.6) is 5.75 Å². The van der Waals surface area contributed by atoms with Crippen LogP contribution in [0.1, 0.15) is 16.8 Å². The van der Waals surface area contributed by atoms with E-state index < -0.39 is 21.8 Å². The highest BCUT2D eigenvalue weighted by atomic mass is 35.5. The second-order valence-corrected chi connectivity index (χ2v) is 7.92. The molecule has 1 N–H and O–H groups in total. The van der Waals surface area contributed by atoms with Gasteiger partial charge in [-0.25, -0.2) is 12.7 Å². The fraction of sp³-hybridized carbons (Fsp3) is 0.176. The number of amides is 2. The Labute approximate surface area is 155 Å². The van der Waals surface area contributed by atoms with Gasteiger partial charge in [0.2, 0.25) is 15.9 Å². The highest BCUT2D eigenvalue weighted by Crippen LogP contribution is 2.28. The number of methoxy groups -OCH3 is 1. The van der Waals surface area contributed by atoms with Gasteiger partial charge in [0.25, 0.3) is 5.91 Å². The van der Waals surface area contributed by atoms with Crippen molar-refractivity contribution in [1.29, 1.82) is 0 Å². The lowest BCUT2D eigenvalue weighted by molar-refractivity contribution is -0.116. The largest absolute Gasteiger partial charge is 0.495 e. The number of anilines is 2. The third kappa shape index (κ3) is 3.51. The van der Waals surface area contributed by atoms with Crippen LogP contribution >= 0.6 is 11.6 Å². The van der Waals surface area contributed by atoms with Gasteiger partial charge in [0.1, 0.15) is 5.75 Å². The zero-order chi connectivity index (χ0) is 18.9. The molecule has 136 valence electrons. The molecule has 1 heterocycles. The van der Waals surface area contributed by atoms with Crippen LogP contribution in [0.15, 0.2) is 42.5 Å². The lowest BCUT2D eigenvalue weighted by atomic mass is 10.1. The maximum Gasteiger partial charge on any atom is 0.255 e. The van der Waals surface area contributed by atoms with Gasteiger partial charge in [0.15, 0.2) is 0 Å². The summed E-state index contributed by atoms with van der Waals surface area (Å²) in [6.45, 7) is 0. The van der Waals surface area contributed by atoms with Crippen LogP contribution in [0.4, 0.5) is 11.4 Å². The van der Waals surface area contributed by atoms with E-state index in [1.54, 1.807) is 12.1 Å². The van der Waals surface area contributed by atoms with Crippen molar-refractivity contribution in [2.75, 3.05) is 22.5 Å². The van der Waals surface area contributed by atoms with Gasteiger partial charge in [-0.2, -0.15) is 0 Å². The molecule has 0 saturated carbocycles. The number of carbonyl (C=O) groups excluding carboxylic acids is 2. The van der Waals surface area contributed by atoms with Crippen molar-refractivity contribution in [1.82, 2.24) is 0 Å². The number of hydrogen-bond acceptors (Lipinski definition) is 5. The standard InChI is InChI=1S/C17H15ClN2O5S/c1-25-15-6-5-12(10-14(15)18)19-17(22)11-3-2-4-13(9-11)20-16(21)7-8-26(20,23)24/h2-6,9-10H,7-8H2,1H3,(H,19,22). The van der Waals surface area contributed by atoms with Crippen molar-refractivity contribution in [2.45, 2.75) is 6.42 Å². The second kappa shape index (κ2) is 6.97. The van der Waals surface area contributed by atoms with Gasteiger partial charge in [-0.1, -0.05) is 17.7 Å². The first-order chi connectivity index (χ1) is 12.3. The van der Waals surface area contributed by atoms with Crippen LogP contribution in [0.25, 0.3) is 0 Å². The molecule has 2 amide bonds. The van der Waals surface area contributed by atoms with Gasteiger partial charge < -0.3 is 10.1 Å². The number of carbonyl (C=O) groups is 2. The Hall–Kier alpha value is -2.58. The predicted molar refractivity (Wildman–Crippen MR) is 98.3 cm³/mol. The molecule has 0 atom stereocenters. The summed E-state index contributed by atoms with van der Waals surface area (Å²) < 4.78 is 29.8. The number of rotatable bonds is 4. The minimum absolute atomic E-state index is 0.0664. The topological polar surface area (TPSA) is 92.8 Å². The average Bonchev–Trinajstić information content (AvgIpc) is 2.88. The molecule has 9 heteroatoms. The fourth-order valence-electron chi connectivity index (χ4n) is 2.59. The molecule has 0 aliphatic carbocycles. The highest BCUT2D eigenvalue weighted by Gasteiger charge is 2.36. The Kier molecular flexibility index (Phi) is 4.88. The third-order valence-corrected chi connectivity index (χ3v) is 5.82. The predicted octanol–water partition coefficient (Wildman–Crippen LogP) is 2.67. The van der Waals surface area contributed by atoms with Gasteiger partial charge in [-0.15, -0.1) is 0 Å². The molecule has 1 aliphatic heterocycles. The molecule has 0 spiro atoms. The maximum absolute atomic E-state index is 12.5. The van der Waals surface area contributed by atoms with E-state index in [1.165, 1.54) is 37.4 Å². The fourth-order valence-corrected chi connectivity index (χ4v) is 4.30. The van der Waals surface area contributed by atoms with Crippen molar-refractivity contribution in [3.05, 3.63) is 53.1 Å². The number of nitrogens with one attached hydrogen (secondary N) is 1. The van der Waals surface area contributed by atoms with E-state index in [4.69, 9.17) is 16.3 Å². The molecule has 0 bridgehead atoms. The molecule has 3 rings (SSSR count). The summed E-state index contributed by atoms with van der Waals surface area (Å²) in [6.07, 6.45) is -0.0664. The zero-order valence-electron chi connectivity index (χ0n) is 13.7. The van der Waals surface area contributed by atoms with Crippen molar-refractivity contribution in [3.63, 3.8) is 0 Å². The molecule has 1 saturated heterocycles. The molecular formula is C17H15ClN2O5S. The van der Waals surface area contributed by atoms with E-state index in [9.17, 15) is 18.0 Å². The van der Waals surface area contributed by atoms with Crippen molar-refractivity contribution < 1.29 is 22.7 Å². The molecular weight excluding hydrogens is 380 g/mol. The average molecular weight is 395 g/mol. The van der Waals surface area contributed by atoms with Crippen molar-refractivity contribution in [3.8, 4) is 5.75 Å². The summed E-state index contributed by atoms with van der Waals surface area (Å²) >= 11 is 6.03.